The minimum Gasteiger partial charge on any atom is -0.465 e. The highest BCUT2D eigenvalue weighted by Gasteiger charge is 2.31. The Labute approximate surface area is 189 Å². The van der Waals surface area contributed by atoms with Gasteiger partial charge in [0.2, 0.25) is 5.91 Å². The van der Waals surface area contributed by atoms with Gasteiger partial charge in [0, 0.05) is 22.9 Å². The molecule has 0 spiro atoms. The molecule has 0 saturated heterocycles. The Balaban J connectivity index is 1.49. The van der Waals surface area contributed by atoms with Crippen LogP contribution in [0.1, 0.15) is 54.8 Å². The van der Waals surface area contributed by atoms with Gasteiger partial charge in [-0.3, -0.25) is 4.79 Å². The number of amides is 1. The zero-order chi connectivity index (χ0) is 22.0. The molecule has 1 fully saturated rings. The molecule has 9 heteroatoms. The van der Waals surface area contributed by atoms with Crippen LogP contribution in [0.4, 0.5) is 5.00 Å². The van der Waals surface area contributed by atoms with Crippen molar-refractivity contribution < 1.29 is 14.3 Å². The molecule has 2 heterocycles. The van der Waals surface area contributed by atoms with Crippen LogP contribution in [-0.4, -0.2) is 39.5 Å². The van der Waals surface area contributed by atoms with Gasteiger partial charge in [0.1, 0.15) is 16.4 Å². The number of nitrogens with one attached hydrogen (secondary N) is 1. The first-order chi connectivity index (χ1) is 15.0. The lowest BCUT2D eigenvalue weighted by atomic mass is 10.0. The van der Waals surface area contributed by atoms with Crippen molar-refractivity contribution in [1.82, 2.24) is 14.8 Å². The Morgan fingerprint density at radius 3 is 2.65 bits per heavy atom. The number of rotatable bonds is 8. The van der Waals surface area contributed by atoms with E-state index in [1.165, 1.54) is 30.2 Å². The maximum Gasteiger partial charge on any atom is 0.341 e. The van der Waals surface area contributed by atoms with E-state index in [-0.39, 0.29) is 17.7 Å². The number of ether oxygens (including phenoxy) is 1. The standard InChI is InChI=1S/C22H24N4O3S2/c1-13(2)26-19(15-9-10-15)24-25-22(26)31-12-17(27)23-20-18(21(28)29-3)16(11-30-20)14-7-5-4-6-8-14/h4-8,11,13,15H,9-10,12H2,1-3H3,(H,23,27). The van der Waals surface area contributed by atoms with Gasteiger partial charge < -0.3 is 14.6 Å². The Kier molecular flexibility index (Phi) is 6.43. The van der Waals surface area contributed by atoms with Crippen molar-refractivity contribution in [2.45, 2.75) is 43.8 Å². The second kappa shape index (κ2) is 9.23. The summed E-state index contributed by atoms with van der Waals surface area (Å²) in [4.78, 5) is 25.1. The molecule has 0 atom stereocenters. The van der Waals surface area contributed by atoms with Gasteiger partial charge in [-0.1, -0.05) is 42.1 Å². The Hall–Kier alpha value is -2.65. The highest BCUT2D eigenvalue weighted by molar-refractivity contribution is 7.99. The van der Waals surface area contributed by atoms with E-state index in [9.17, 15) is 9.59 Å². The van der Waals surface area contributed by atoms with Crippen LogP contribution >= 0.6 is 23.1 Å². The van der Waals surface area contributed by atoms with Gasteiger partial charge in [-0.15, -0.1) is 21.5 Å². The van der Waals surface area contributed by atoms with Crippen molar-refractivity contribution in [3.8, 4) is 11.1 Å². The second-order valence-electron chi connectivity index (χ2n) is 7.63. The molecule has 3 aromatic rings. The average Bonchev–Trinajstić information content (AvgIpc) is 3.39. The van der Waals surface area contributed by atoms with Crippen molar-refractivity contribution in [3.05, 3.63) is 47.1 Å². The number of thiophene rings is 1. The normalized spacial score (nSPS) is 13.4. The van der Waals surface area contributed by atoms with Gasteiger partial charge >= 0.3 is 5.97 Å². The molecule has 2 aromatic heterocycles. The van der Waals surface area contributed by atoms with Gasteiger partial charge in [-0.25, -0.2) is 4.79 Å². The predicted molar refractivity (Wildman–Crippen MR) is 123 cm³/mol. The van der Waals surface area contributed by atoms with Crippen LogP contribution in [0, 0.1) is 0 Å². The zero-order valence-corrected chi connectivity index (χ0v) is 19.3. The summed E-state index contributed by atoms with van der Waals surface area (Å²) in [6.45, 7) is 4.19. The van der Waals surface area contributed by atoms with Crippen molar-refractivity contribution in [1.29, 1.82) is 0 Å². The van der Waals surface area contributed by atoms with E-state index in [2.05, 4.69) is 33.9 Å². The van der Waals surface area contributed by atoms with Crippen LogP contribution in [0.15, 0.2) is 40.9 Å². The summed E-state index contributed by atoms with van der Waals surface area (Å²) in [5.74, 6) is 0.994. The molecule has 1 aliphatic carbocycles. The molecule has 1 saturated carbocycles. The Bertz CT molecular complexity index is 1090. The Morgan fingerprint density at radius 1 is 1.26 bits per heavy atom. The fraction of sp³-hybridized carbons (Fsp3) is 0.364. The molecule has 0 radical (unpaired) electrons. The maximum atomic E-state index is 12.7. The lowest BCUT2D eigenvalue weighted by Crippen LogP contribution is -2.16. The minimum absolute atomic E-state index is 0.175. The van der Waals surface area contributed by atoms with Gasteiger partial charge in [0.05, 0.1) is 12.9 Å². The van der Waals surface area contributed by atoms with E-state index in [0.717, 1.165) is 34.9 Å². The highest BCUT2D eigenvalue weighted by atomic mass is 32.2. The monoisotopic (exact) mass is 456 g/mol. The first-order valence-corrected chi connectivity index (χ1v) is 12.0. The zero-order valence-electron chi connectivity index (χ0n) is 17.6. The fourth-order valence-electron chi connectivity index (χ4n) is 3.37. The summed E-state index contributed by atoms with van der Waals surface area (Å²) in [6.07, 6.45) is 2.29. The Morgan fingerprint density at radius 2 is 2.00 bits per heavy atom. The largest absolute Gasteiger partial charge is 0.465 e. The number of aromatic nitrogens is 3. The molecule has 31 heavy (non-hydrogen) atoms. The van der Waals surface area contributed by atoms with Crippen LogP contribution in [0.3, 0.4) is 0 Å². The predicted octanol–water partition coefficient (Wildman–Crippen LogP) is 4.98. The number of esters is 1. The molecule has 4 rings (SSSR count). The van der Waals surface area contributed by atoms with Gasteiger partial charge in [-0.2, -0.15) is 0 Å². The molecule has 162 valence electrons. The molecular weight excluding hydrogens is 432 g/mol. The smallest absolute Gasteiger partial charge is 0.341 e. The number of hydrogen-bond donors (Lipinski definition) is 1. The summed E-state index contributed by atoms with van der Waals surface area (Å²) in [7, 11) is 1.34. The summed E-state index contributed by atoms with van der Waals surface area (Å²) >= 11 is 2.67. The van der Waals surface area contributed by atoms with E-state index < -0.39 is 5.97 Å². The lowest BCUT2D eigenvalue weighted by molar-refractivity contribution is -0.113. The number of nitrogens with zero attached hydrogens (tertiary/aromatic N) is 3. The third kappa shape index (κ3) is 4.67. The lowest BCUT2D eigenvalue weighted by Gasteiger charge is -2.13. The van der Waals surface area contributed by atoms with E-state index in [4.69, 9.17) is 4.74 Å². The quantitative estimate of drug-likeness (QED) is 0.380. The summed E-state index contributed by atoms with van der Waals surface area (Å²) < 4.78 is 7.09. The average molecular weight is 457 g/mol. The summed E-state index contributed by atoms with van der Waals surface area (Å²) in [6, 6.07) is 9.80. The molecule has 0 aliphatic heterocycles. The first-order valence-electron chi connectivity index (χ1n) is 10.1. The van der Waals surface area contributed by atoms with Crippen LogP contribution in [0.5, 0.6) is 0 Å². The number of benzene rings is 1. The molecular formula is C22H24N4O3S2. The minimum atomic E-state index is -0.475. The van der Waals surface area contributed by atoms with Gasteiger partial charge in [0.25, 0.3) is 0 Å². The summed E-state index contributed by atoms with van der Waals surface area (Å²) in [5, 5.41) is 14.6. The highest BCUT2D eigenvalue weighted by Crippen LogP contribution is 2.41. The van der Waals surface area contributed by atoms with E-state index >= 15 is 0 Å². The molecule has 1 N–H and O–H groups in total. The number of thioether (sulfide) groups is 1. The second-order valence-corrected chi connectivity index (χ2v) is 9.45. The third-order valence-corrected chi connectivity index (χ3v) is 6.84. The molecule has 0 unspecified atom stereocenters. The van der Waals surface area contributed by atoms with Crippen molar-refractivity contribution in [2.24, 2.45) is 0 Å². The molecule has 1 aliphatic rings. The molecule has 1 amide bonds. The van der Waals surface area contributed by atoms with Crippen LogP contribution in [-0.2, 0) is 9.53 Å². The van der Waals surface area contributed by atoms with E-state index in [0.29, 0.717) is 16.5 Å². The number of carbonyl (C=O) groups is 2. The van der Waals surface area contributed by atoms with Crippen LogP contribution in [0.25, 0.3) is 11.1 Å². The first kappa shape index (κ1) is 21.6. The van der Waals surface area contributed by atoms with Gasteiger partial charge in [0.15, 0.2) is 5.16 Å². The van der Waals surface area contributed by atoms with E-state index in [1.54, 1.807) is 0 Å². The summed E-state index contributed by atoms with van der Waals surface area (Å²) in [5.41, 5.74) is 2.01. The number of anilines is 1. The number of carbonyl (C=O) groups excluding carboxylic acids is 2. The number of methoxy groups -OCH3 is 1. The topological polar surface area (TPSA) is 86.1 Å². The van der Waals surface area contributed by atoms with Crippen molar-refractivity contribution in [2.75, 3.05) is 18.2 Å². The number of hydrogen-bond acceptors (Lipinski definition) is 7. The van der Waals surface area contributed by atoms with Crippen molar-refractivity contribution in [3.63, 3.8) is 0 Å². The van der Waals surface area contributed by atoms with Crippen molar-refractivity contribution >= 4 is 40.0 Å². The fourth-order valence-corrected chi connectivity index (χ4v) is 5.22. The molecule has 1 aromatic carbocycles. The maximum absolute atomic E-state index is 12.7. The van der Waals surface area contributed by atoms with E-state index in [1.807, 2.05) is 35.7 Å². The van der Waals surface area contributed by atoms with Crippen LogP contribution < -0.4 is 5.32 Å². The van der Waals surface area contributed by atoms with Gasteiger partial charge in [-0.05, 0) is 32.3 Å². The SMILES string of the molecule is COC(=O)c1c(-c2ccccc2)csc1NC(=O)CSc1nnc(C2CC2)n1C(C)C. The third-order valence-electron chi connectivity index (χ3n) is 5.00. The molecule has 0 bridgehead atoms. The molecule has 7 nitrogen and oxygen atoms in total. The van der Waals surface area contributed by atoms with Crippen LogP contribution in [0.2, 0.25) is 0 Å².